The van der Waals surface area contributed by atoms with Gasteiger partial charge in [0.2, 0.25) is 11.8 Å². The minimum atomic E-state index is -0.409. The lowest BCUT2D eigenvalue weighted by molar-refractivity contribution is -0.145. The van der Waals surface area contributed by atoms with Gasteiger partial charge in [-0.2, -0.15) is 0 Å². The molecule has 2 heterocycles. The van der Waals surface area contributed by atoms with Gasteiger partial charge in [-0.1, -0.05) is 62.7 Å². The Hall–Kier alpha value is -4.47. The molecular weight excluding hydrogens is 532 g/mol. The molecule has 2 aromatic heterocycles. The molecule has 0 saturated heterocycles. The summed E-state index contributed by atoms with van der Waals surface area (Å²) in [5, 5.41) is 3.58. The third kappa shape index (κ3) is 7.63. The Morgan fingerprint density at radius 3 is 2.43 bits per heavy atom. The molecule has 0 fully saturated rings. The number of benzene rings is 2. The van der Waals surface area contributed by atoms with E-state index in [-0.39, 0.29) is 31.4 Å². The van der Waals surface area contributed by atoms with E-state index in [1.165, 1.54) is 0 Å². The number of esters is 1. The fourth-order valence-corrected chi connectivity index (χ4v) is 5.05. The van der Waals surface area contributed by atoms with Crippen LogP contribution in [0.1, 0.15) is 69.3 Å². The Labute approximate surface area is 245 Å². The summed E-state index contributed by atoms with van der Waals surface area (Å²) in [6.45, 7) is 4.46. The summed E-state index contributed by atoms with van der Waals surface area (Å²) in [7, 11) is 0. The number of nitrogens with one attached hydrogen (secondary N) is 1. The smallest absolute Gasteiger partial charge is 0.307 e. The number of hydrogen-bond donors (Lipinski definition) is 3. The lowest BCUT2D eigenvalue weighted by Gasteiger charge is -2.12. The second-order valence-electron chi connectivity index (χ2n) is 10.6. The standard InChI is InChI=1S/C32H40N6O4/c1-3-5-10-26-37-29-30(24-8-6-7-9-25(24)36-31(29)33)38(26)19-22-13-11-21(12-14-22)15-18-28(40)42-20-35-27(39)17-16-23(4-2)32(34)41/h6-9,11-14,23H,3-5,10,15-20H2,1-2H3,(H2,33,36)(H2,34,41)(H,35,39). The molecule has 0 aliphatic heterocycles. The van der Waals surface area contributed by atoms with E-state index in [0.29, 0.717) is 31.6 Å². The molecule has 2 aromatic carbocycles. The van der Waals surface area contributed by atoms with Crippen LogP contribution in [-0.4, -0.2) is 39.0 Å². The Morgan fingerprint density at radius 1 is 0.976 bits per heavy atom. The van der Waals surface area contributed by atoms with Crippen molar-refractivity contribution in [2.75, 3.05) is 12.5 Å². The van der Waals surface area contributed by atoms with E-state index in [2.05, 4.69) is 40.0 Å². The molecular formula is C32H40N6O4. The number of amides is 2. The van der Waals surface area contributed by atoms with Crippen molar-refractivity contribution < 1.29 is 19.1 Å². The Kier molecular flexibility index (Phi) is 10.5. The molecule has 4 rings (SSSR count). The van der Waals surface area contributed by atoms with E-state index in [0.717, 1.165) is 58.2 Å². The van der Waals surface area contributed by atoms with Crippen molar-refractivity contribution in [1.29, 1.82) is 0 Å². The maximum absolute atomic E-state index is 12.2. The molecule has 5 N–H and O–H groups in total. The van der Waals surface area contributed by atoms with Gasteiger partial charge >= 0.3 is 5.97 Å². The summed E-state index contributed by atoms with van der Waals surface area (Å²) in [5.74, 6) is 0.0139. The molecule has 0 bridgehead atoms. The maximum atomic E-state index is 12.2. The highest BCUT2D eigenvalue weighted by Crippen LogP contribution is 2.30. The highest BCUT2D eigenvalue weighted by molar-refractivity contribution is 6.06. The first-order chi connectivity index (χ1) is 20.3. The number of carbonyl (C=O) groups excluding carboxylic acids is 3. The van der Waals surface area contributed by atoms with Crippen molar-refractivity contribution in [3.63, 3.8) is 0 Å². The summed E-state index contributed by atoms with van der Waals surface area (Å²) >= 11 is 0. The second kappa shape index (κ2) is 14.4. The monoisotopic (exact) mass is 572 g/mol. The van der Waals surface area contributed by atoms with Gasteiger partial charge in [0.25, 0.3) is 0 Å². The van der Waals surface area contributed by atoms with E-state index in [1.807, 2.05) is 37.3 Å². The largest absolute Gasteiger partial charge is 0.444 e. The summed E-state index contributed by atoms with van der Waals surface area (Å²) in [6.07, 6.45) is 4.78. The Morgan fingerprint density at radius 2 is 1.71 bits per heavy atom. The fraction of sp³-hybridized carbons (Fsp3) is 0.406. The first kappa shape index (κ1) is 30.5. The number of anilines is 1. The first-order valence-corrected chi connectivity index (χ1v) is 14.6. The van der Waals surface area contributed by atoms with E-state index in [4.69, 9.17) is 21.2 Å². The number of rotatable bonds is 15. The van der Waals surface area contributed by atoms with E-state index in [9.17, 15) is 14.4 Å². The Bertz CT molecular complexity index is 1550. The van der Waals surface area contributed by atoms with Gasteiger partial charge in [-0.15, -0.1) is 0 Å². The number of imidazole rings is 1. The first-order valence-electron chi connectivity index (χ1n) is 14.6. The lowest BCUT2D eigenvalue weighted by Crippen LogP contribution is -2.29. The molecule has 2 amide bonds. The number of nitrogens with two attached hydrogens (primary N) is 2. The van der Waals surface area contributed by atoms with Gasteiger partial charge in [0.05, 0.1) is 11.0 Å². The summed E-state index contributed by atoms with van der Waals surface area (Å²) < 4.78 is 7.40. The third-order valence-corrected chi connectivity index (χ3v) is 7.54. The molecule has 10 nitrogen and oxygen atoms in total. The number of nitrogens with zero attached hydrogens (tertiary/aromatic N) is 3. The molecule has 0 spiro atoms. The highest BCUT2D eigenvalue weighted by atomic mass is 16.5. The number of aromatic nitrogens is 3. The summed E-state index contributed by atoms with van der Waals surface area (Å²) in [5.41, 5.74) is 16.3. The average molecular weight is 573 g/mol. The van der Waals surface area contributed by atoms with Crippen molar-refractivity contribution in [3.8, 4) is 0 Å². The van der Waals surface area contributed by atoms with Gasteiger partial charge < -0.3 is 26.1 Å². The van der Waals surface area contributed by atoms with Crippen molar-refractivity contribution in [2.45, 2.75) is 71.8 Å². The van der Waals surface area contributed by atoms with E-state index in [1.54, 1.807) is 0 Å². The molecule has 1 atom stereocenters. The number of para-hydroxylation sites is 1. The van der Waals surface area contributed by atoms with Crippen LogP contribution < -0.4 is 16.8 Å². The highest BCUT2D eigenvalue weighted by Gasteiger charge is 2.18. The lowest BCUT2D eigenvalue weighted by atomic mass is 10.00. The van der Waals surface area contributed by atoms with E-state index >= 15 is 0 Å². The van der Waals surface area contributed by atoms with Crippen LogP contribution in [0.3, 0.4) is 0 Å². The zero-order valence-corrected chi connectivity index (χ0v) is 24.4. The molecule has 42 heavy (non-hydrogen) atoms. The SMILES string of the molecule is CCCCc1nc2c(N)nc3ccccc3c2n1Cc1ccc(CCC(=O)OCNC(=O)CCC(CC)C(N)=O)cc1. The number of pyridine rings is 1. The third-order valence-electron chi connectivity index (χ3n) is 7.54. The quantitative estimate of drug-likeness (QED) is 0.141. The van der Waals surface area contributed by atoms with Gasteiger partial charge in [-0.3, -0.25) is 14.4 Å². The molecule has 222 valence electrons. The molecule has 0 radical (unpaired) electrons. The zero-order chi connectivity index (χ0) is 30.1. The topological polar surface area (TPSA) is 155 Å². The van der Waals surface area contributed by atoms with Crippen LogP contribution >= 0.6 is 0 Å². The second-order valence-corrected chi connectivity index (χ2v) is 10.6. The predicted octanol–water partition coefficient (Wildman–Crippen LogP) is 4.40. The number of aryl methyl sites for hydroxylation is 2. The fourth-order valence-electron chi connectivity index (χ4n) is 5.05. The number of fused-ring (bicyclic) bond motifs is 3. The molecule has 0 aliphatic carbocycles. The minimum absolute atomic E-state index is 0.154. The van der Waals surface area contributed by atoms with Crippen LogP contribution in [0, 0.1) is 5.92 Å². The van der Waals surface area contributed by atoms with Crippen molar-refractivity contribution in [3.05, 3.63) is 65.5 Å². The van der Waals surface area contributed by atoms with Gasteiger partial charge in [0.15, 0.2) is 12.5 Å². The number of hydrogen-bond acceptors (Lipinski definition) is 7. The Balaban J connectivity index is 1.34. The van der Waals surface area contributed by atoms with Crippen LogP contribution in [-0.2, 0) is 38.5 Å². The van der Waals surface area contributed by atoms with Gasteiger partial charge in [0.1, 0.15) is 11.3 Å². The number of nitrogen functional groups attached to an aromatic ring is 1. The maximum Gasteiger partial charge on any atom is 0.307 e. The molecule has 0 aliphatic rings. The average Bonchev–Trinajstić information content (AvgIpc) is 3.34. The van der Waals surface area contributed by atoms with Crippen molar-refractivity contribution in [1.82, 2.24) is 19.9 Å². The number of ether oxygens (including phenoxy) is 1. The summed E-state index contributed by atoms with van der Waals surface area (Å²) in [4.78, 5) is 44.9. The van der Waals surface area contributed by atoms with Crippen LogP contribution in [0.4, 0.5) is 5.82 Å². The van der Waals surface area contributed by atoms with Crippen LogP contribution in [0.15, 0.2) is 48.5 Å². The molecule has 0 saturated carbocycles. The molecule has 10 heteroatoms. The van der Waals surface area contributed by atoms with Crippen LogP contribution in [0.25, 0.3) is 21.9 Å². The minimum Gasteiger partial charge on any atom is -0.444 e. The summed E-state index contributed by atoms with van der Waals surface area (Å²) in [6, 6.07) is 16.2. The predicted molar refractivity (Wildman–Crippen MR) is 163 cm³/mol. The van der Waals surface area contributed by atoms with Gasteiger partial charge in [-0.05, 0) is 42.9 Å². The number of unbranched alkanes of at least 4 members (excludes halogenated alkanes) is 1. The zero-order valence-electron chi connectivity index (χ0n) is 24.4. The molecule has 4 aromatic rings. The van der Waals surface area contributed by atoms with Gasteiger partial charge in [0, 0.05) is 37.1 Å². The normalized spacial score (nSPS) is 12.0. The van der Waals surface area contributed by atoms with Crippen molar-refractivity contribution >= 4 is 45.5 Å². The van der Waals surface area contributed by atoms with Gasteiger partial charge in [-0.25, -0.2) is 9.97 Å². The van der Waals surface area contributed by atoms with Crippen LogP contribution in [0.2, 0.25) is 0 Å². The van der Waals surface area contributed by atoms with Crippen LogP contribution in [0.5, 0.6) is 0 Å². The number of carbonyl (C=O) groups is 3. The van der Waals surface area contributed by atoms with Crippen molar-refractivity contribution in [2.24, 2.45) is 11.7 Å². The van der Waals surface area contributed by atoms with E-state index < -0.39 is 11.9 Å². The number of primary amides is 1. The molecule has 1 unspecified atom stereocenters.